The SMILES string of the molecule is Cc1cc(C)cc(CNc2nnc(CC(C)C)s2)c1. The molecule has 1 N–H and O–H groups in total. The Morgan fingerprint density at radius 3 is 2.42 bits per heavy atom. The van der Waals surface area contributed by atoms with Crippen molar-refractivity contribution in [1.29, 1.82) is 0 Å². The van der Waals surface area contributed by atoms with Crippen LogP contribution in [-0.4, -0.2) is 10.2 Å². The molecule has 2 rings (SSSR count). The summed E-state index contributed by atoms with van der Waals surface area (Å²) in [5, 5.41) is 13.8. The molecule has 19 heavy (non-hydrogen) atoms. The lowest BCUT2D eigenvalue weighted by Gasteiger charge is -2.05. The molecule has 4 heteroatoms. The summed E-state index contributed by atoms with van der Waals surface area (Å²) >= 11 is 1.66. The van der Waals surface area contributed by atoms with Crippen molar-refractivity contribution < 1.29 is 0 Å². The number of benzene rings is 1. The molecule has 1 aromatic heterocycles. The lowest BCUT2D eigenvalue weighted by Crippen LogP contribution is -1.99. The van der Waals surface area contributed by atoms with E-state index in [0.29, 0.717) is 5.92 Å². The molecule has 102 valence electrons. The van der Waals surface area contributed by atoms with Crippen molar-refractivity contribution in [1.82, 2.24) is 10.2 Å². The maximum absolute atomic E-state index is 4.21. The Labute approximate surface area is 119 Å². The first-order chi connectivity index (χ1) is 9.02. The maximum atomic E-state index is 4.21. The Morgan fingerprint density at radius 2 is 1.79 bits per heavy atom. The molecular formula is C15H21N3S. The lowest BCUT2D eigenvalue weighted by molar-refractivity contribution is 0.640. The van der Waals surface area contributed by atoms with Gasteiger partial charge in [0, 0.05) is 13.0 Å². The second-order valence-corrected chi connectivity index (χ2v) is 6.51. The number of nitrogens with one attached hydrogen (secondary N) is 1. The van der Waals surface area contributed by atoms with Crippen LogP contribution >= 0.6 is 11.3 Å². The highest BCUT2D eigenvalue weighted by atomic mass is 32.1. The fraction of sp³-hybridized carbons (Fsp3) is 0.467. The molecule has 0 saturated carbocycles. The van der Waals surface area contributed by atoms with E-state index in [0.717, 1.165) is 23.1 Å². The van der Waals surface area contributed by atoms with Gasteiger partial charge >= 0.3 is 0 Å². The zero-order valence-electron chi connectivity index (χ0n) is 12.0. The van der Waals surface area contributed by atoms with Crippen molar-refractivity contribution >= 4 is 16.5 Å². The lowest BCUT2D eigenvalue weighted by atomic mass is 10.1. The molecule has 1 heterocycles. The molecule has 1 aromatic carbocycles. The van der Waals surface area contributed by atoms with Crippen LogP contribution in [0, 0.1) is 19.8 Å². The van der Waals surface area contributed by atoms with Crippen LogP contribution in [-0.2, 0) is 13.0 Å². The minimum Gasteiger partial charge on any atom is -0.356 e. The molecule has 0 aliphatic heterocycles. The quantitative estimate of drug-likeness (QED) is 0.897. The van der Waals surface area contributed by atoms with Crippen molar-refractivity contribution in [3.8, 4) is 0 Å². The van der Waals surface area contributed by atoms with Crippen LogP contribution in [0.4, 0.5) is 5.13 Å². The summed E-state index contributed by atoms with van der Waals surface area (Å²) in [6, 6.07) is 6.60. The third-order valence-corrected chi connectivity index (χ3v) is 3.68. The van der Waals surface area contributed by atoms with E-state index in [1.807, 2.05) is 0 Å². The Kier molecular flexibility index (Phi) is 4.53. The second-order valence-electron chi connectivity index (χ2n) is 5.45. The van der Waals surface area contributed by atoms with Crippen molar-refractivity contribution in [2.45, 2.75) is 40.7 Å². The molecule has 0 unspecified atom stereocenters. The molecule has 0 radical (unpaired) electrons. The third kappa shape index (κ3) is 4.31. The second kappa shape index (κ2) is 6.15. The molecule has 3 nitrogen and oxygen atoms in total. The van der Waals surface area contributed by atoms with Crippen molar-refractivity contribution in [2.75, 3.05) is 5.32 Å². The van der Waals surface area contributed by atoms with Crippen molar-refractivity contribution in [3.63, 3.8) is 0 Å². The van der Waals surface area contributed by atoms with Gasteiger partial charge in [-0.25, -0.2) is 0 Å². The van der Waals surface area contributed by atoms with Crippen LogP contribution < -0.4 is 5.32 Å². The maximum Gasteiger partial charge on any atom is 0.205 e. The topological polar surface area (TPSA) is 37.8 Å². The van der Waals surface area contributed by atoms with Crippen LogP contribution in [0.15, 0.2) is 18.2 Å². The van der Waals surface area contributed by atoms with Crippen molar-refractivity contribution in [2.24, 2.45) is 5.92 Å². The van der Waals surface area contributed by atoms with Gasteiger partial charge in [-0.05, 0) is 25.3 Å². The summed E-state index contributed by atoms with van der Waals surface area (Å²) in [4.78, 5) is 0. The molecule has 0 amide bonds. The van der Waals surface area contributed by atoms with Gasteiger partial charge in [-0.3, -0.25) is 0 Å². The molecule has 0 atom stereocenters. The van der Waals surface area contributed by atoms with Gasteiger partial charge in [-0.2, -0.15) is 0 Å². The van der Waals surface area contributed by atoms with Gasteiger partial charge in [0.15, 0.2) is 0 Å². The van der Waals surface area contributed by atoms with Gasteiger partial charge in [0.25, 0.3) is 0 Å². The number of aryl methyl sites for hydroxylation is 2. The third-order valence-electron chi connectivity index (χ3n) is 2.77. The van der Waals surface area contributed by atoms with Gasteiger partial charge in [0.2, 0.25) is 5.13 Å². The van der Waals surface area contributed by atoms with Gasteiger partial charge in [0.1, 0.15) is 5.01 Å². The Morgan fingerprint density at radius 1 is 1.11 bits per heavy atom. The molecule has 0 aliphatic rings. The molecule has 2 aromatic rings. The predicted molar refractivity (Wildman–Crippen MR) is 81.7 cm³/mol. The first-order valence-corrected chi connectivity index (χ1v) is 7.48. The van der Waals surface area contributed by atoms with Gasteiger partial charge < -0.3 is 5.32 Å². The van der Waals surface area contributed by atoms with Crippen molar-refractivity contribution in [3.05, 3.63) is 39.9 Å². The number of hydrogen-bond acceptors (Lipinski definition) is 4. The zero-order chi connectivity index (χ0) is 13.8. The van der Waals surface area contributed by atoms with Gasteiger partial charge in [-0.15, -0.1) is 10.2 Å². The average molecular weight is 275 g/mol. The number of rotatable bonds is 5. The van der Waals surface area contributed by atoms with Gasteiger partial charge in [-0.1, -0.05) is 54.5 Å². The average Bonchev–Trinajstić information content (AvgIpc) is 2.72. The zero-order valence-corrected chi connectivity index (χ0v) is 12.8. The van der Waals surface area contributed by atoms with E-state index in [1.54, 1.807) is 11.3 Å². The summed E-state index contributed by atoms with van der Waals surface area (Å²) in [6.07, 6.45) is 1.00. The van der Waals surface area contributed by atoms with E-state index < -0.39 is 0 Å². The number of hydrogen-bond donors (Lipinski definition) is 1. The minimum atomic E-state index is 0.625. The highest BCUT2D eigenvalue weighted by Gasteiger charge is 2.06. The van der Waals surface area contributed by atoms with Crippen LogP contribution in [0.3, 0.4) is 0 Å². The Bertz CT molecular complexity index is 526. The monoisotopic (exact) mass is 275 g/mol. The smallest absolute Gasteiger partial charge is 0.205 e. The number of nitrogens with zero attached hydrogens (tertiary/aromatic N) is 2. The Balaban J connectivity index is 1.96. The fourth-order valence-electron chi connectivity index (χ4n) is 2.11. The van der Waals surface area contributed by atoms with E-state index in [4.69, 9.17) is 0 Å². The summed E-state index contributed by atoms with van der Waals surface area (Å²) in [5.41, 5.74) is 3.89. The summed E-state index contributed by atoms with van der Waals surface area (Å²) in [5.74, 6) is 0.625. The molecular weight excluding hydrogens is 254 g/mol. The van der Waals surface area contributed by atoms with Crippen LogP contribution in [0.25, 0.3) is 0 Å². The van der Waals surface area contributed by atoms with Crippen LogP contribution in [0.2, 0.25) is 0 Å². The molecule has 0 fully saturated rings. The largest absolute Gasteiger partial charge is 0.356 e. The summed E-state index contributed by atoms with van der Waals surface area (Å²) < 4.78 is 0. The van der Waals surface area contributed by atoms with Gasteiger partial charge in [0.05, 0.1) is 0 Å². The number of anilines is 1. The first kappa shape index (κ1) is 14.0. The normalized spacial score (nSPS) is 11.0. The minimum absolute atomic E-state index is 0.625. The molecule has 0 bridgehead atoms. The molecule has 0 aliphatic carbocycles. The fourth-order valence-corrected chi connectivity index (χ4v) is 3.05. The first-order valence-electron chi connectivity index (χ1n) is 6.66. The van der Waals surface area contributed by atoms with Crippen LogP contribution in [0.1, 0.15) is 35.5 Å². The Hall–Kier alpha value is -1.42. The standard InChI is InChI=1S/C15H21N3S/c1-10(2)5-14-17-18-15(19-14)16-9-13-7-11(3)6-12(4)8-13/h6-8,10H,5,9H2,1-4H3,(H,16,18). The molecule has 0 saturated heterocycles. The van der Waals surface area contributed by atoms with E-state index in [-0.39, 0.29) is 0 Å². The highest BCUT2D eigenvalue weighted by molar-refractivity contribution is 7.15. The van der Waals surface area contributed by atoms with E-state index in [9.17, 15) is 0 Å². The summed E-state index contributed by atoms with van der Waals surface area (Å²) in [7, 11) is 0. The highest BCUT2D eigenvalue weighted by Crippen LogP contribution is 2.19. The predicted octanol–water partition coefficient (Wildman–Crippen LogP) is 3.97. The number of aromatic nitrogens is 2. The van der Waals surface area contributed by atoms with E-state index in [1.165, 1.54) is 16.7 Å². The molecule has 0 spiro atoms. The van der Waals surface area contributed by atoms with Crippen LogP contribution in [0.5, 0.6) is 0 Å². The summed E-state index contributed by atoms with van der Waals surface area (Å²) in [6.45, 7) is 9.46. The van der Waals surface area contributed by atoms with E-state index >= 15 is 0 Å². The van der Waals surface area contributed by atoms with E-state index in [2.05, 4.69) is 61.4 Å².